The van der Waals surface area contributed by atoms with Gasteiger partial charge in [-0.1, -0.05) is 66.7 Å². The molecule has 2 aliphatic rings. The Morgan fingerprint density at radius 3 is 2.35 bits per heavy atom. The Morgan fingerprint density at radius 2 is 1.65 bits per heavy atom. The van der Waals surface area contributed by atoms with E-state index >= 15 is 0 Å². The summed E-state index contributed by atoms with van der Waals surface area (Å²) in [4.78, 5) is 28.2. The van der Waals surface area contributed by atoms with Crippen LogP contribution < -0.4 is 14.4 Å². The Bertz CT molecular complexity index is 1270. The summed E-state index contributed by atoms with van der Waals surface area (Å²) in [6.45, 7) is 0. The maximum Gasteiger partial charge on any atom is 0.245 e. The molecule has 1 saturated heterocycles. The van der Waals surface area contributed by atoms with Crippen molar-refractivity contribution < 1.29 is 19.2 Å². The number of hydrogen-bond donors (Lipinski definition) is 0. The van der Waals surface area contributed by atoms with E-state index in [1.54, 1.807) is 42.5 Å². The monoisotopic (exact) mass is 456 g/mol. The molecular formula is C27H24N2O5. The molecule has 0 aromatic heterocycles. The van der Waals surface area contributed by atoms with E-state index in [9.17, 15) is 14.9 Å². The van der Waals surface area contributed by atoms with Gasteiger partial charge in [-0.05, 0) is 29.3 Å². The minimum atomic E-state index is -1.03. The third-order valence-corrected chi connectivity index (χ3v) is 6.73. The van der Waals surface area contributed by atoms with Gasteiger partial charge in [-0.2, -0.15) is 0 Å². The molecule has 2 heterocycles. The first kappa shape index (κ1) is 21.7. The van der Waals surface area contributed by atoms with Crippen molar-refractivity contribution in [2.45, 2.75) is 24.0 Å². The number of rotatable bonds is 6. The zero-order valence-corrected chi connectivity index (χ0v) is 18.8. The molecule has 3 aromatic rings. The number of carbonyl (C=O) groups is 1. The third kappa shape index (κ3) is 3.41. The molecule has 4 atom stereocenters. The highest BCUT2D eigenvalue weighted by molar-refractivity contribution is 6.04. The van der Waals surface area contributed by atoms with Crippen molar-refractivity contribution in [2.75, 3.05) is 19.1 Å². The van der Waals surface area contributed by atoms with Crippen molar-refractivity contribution in [2.24, 2.45) is 0 Å². The van der Waals surface area contributed by atoms with Gasteiger partial charge in [0.15, 0.2) is 17.3 Å². The molecule has 0 unspecified atom stereocenters. The van der Waals surface area contributed by atoms with Crippen LogP contribution >= 0.6 is 0 Å². The van der Waals surface area contributed by atoms with Gasteiger partial charge in [-0.25, -0.2) is 0 Å². The van der Waals surface area contributed by atoms with Crippen LogP contribution in [0.15, 0.2) is 78.9 Å². The topological polar surface area (TPSA) is 81.9 Å². The number of benzene rings is 3. The fourth-order valence-corrected chi connectivity index (χ4v) is 5.26. The molecule has 34 heavy (non-hydrogen) atoms. The summed E-state index contributed by atoms with van der Waals surface area (Å²) < 4.78 is 10.8. The molecule has 7 heteroatoms. The largest absolute Gasteiger partial charge is 0.493 e. The Balaban J connectivity index is 1.73. The normalized spacial score (nSPS) is 22.6. The molecule has 2 aliphatic heterocycles. The van der Waals surface area contributed by atoms with Gasteiger partial charge in [0.1, 0.15) is 12.1 Å². The van der Waals surface area contributed by atoms with Crippen LogP contribution in [0.1, 0.15) is 27.4 Å². The highest BCUT2D eigenvalue weighted by Gasteiger charge is 2.59. The van der Waals surface area contributed by atoms with Crippen LogP contribution in [0, 0.1) is 10.1 Å². The SMILES string of the molecule is COc1ccc([C@H]2[C@H]([N+](=O)[O-])[C@@H]3C=Cc4ccccc4N3[C@H]2C(=O)c2ccccc2)cc1OC. The molecular weight excluding hydrogens is 432 g/mol. The molecule has 172 valence electrons. The summed E-state index contributed by atoms with van der Waals surface area (Å²) in [6.07, 6.45) is 3.76. The first-order valence-electron chi connectivity index (χ1n) is 11.1. The smallest absolute Gasteiger partial charge is 0.245 e. The van der Waals surface area contributed by atoms with Crippen molar-refractivity contribution in [3.8, 4) is 11.5 Å². The predicted molar refractivity (Wildman–Crippen MR) is 129 cm³/mol. The van der Waals surface area contributed by atoms with Crippen LogP contribution in [0.5, 0.6) is 11.5 Å². The zero-order chi connectivity index (χ0) is 23.8. The first-order valence-corrected chi connectivity index (χ1v) is 11.1. The van der Waals surface area contributed by atoms with Crippen LogP contribution in [0.4, 0.5) is 5.69 Å². The van der Waals surface area contributed by atoms with Gasteiger partial charge < -0.3 is 14.4 Å². The van der Waals surface area contributed by atoms with Crippen LogP contribution in [0.2, 0.25) is 0 Å². The van der Waals surface area contributed by atoms with E-state index in [0.717, 1.165) is 11.3 Å². The molecule has 1 fully saturated rings. The zero-order valence-electron chi connectivity index (χ0n) is 18.8. The maximum atomic E-state index is 14.0. The number of para-hydroxylation sites is 1. The summed E-state index contributed by atoms with van der Waals surface area (Å²) in [5.41, 5.74) is 2.93. The molecule has 0 spiro atoms. The van der Waals surface area contributed by atoms with Gasteiger partial charge >= 0.3 is 0 Å². The second-order valence-corrected chi connectivity index (χ2v) is 8.41. The van der Waals surface area contributed by atoms with Crippen molar-refractivity contribution in [3.05, 3.63) is 106 Å². The molecule has 0 bridgehead atoms. The number of anilines is 1. The summed E-state index contributed by atoms with van der Waals surface area (Å²) in [7, 11) is 3.06. The average Bonchev–Trinajstić information content (AvgIpc) is 3.24. The van der Waals surface area contributed by atoms with Crippen molar-refractivity contribution >= 4 is 17.5 Å². The van der Waals surface area contributed by atoms with E-state index in [2.05, 4.69) is 0 Å². The minimum absolute atomic E-state index is 0.153. The van der Waals surface area contributed by atoms with Gasteiger partial charge in [0, 0.05) is 16.2 Å². The highest BCUT2D eigenvalue weighted by atomic mass is 16.6. The lowest BCUT2D eigenvalue weighted by Gasteiger charge is -2.34. The first-order chi connectivity index (χ1) is 16.5. The number of ketones is 1. The minimum Gasteiger partial charge on any atom is -0.493 e. The van der Waals surface area contributed by atoms with Crippen molar-refractivity contribution in [1.82, 2.24) is 0 Å². The van der Waals surface area contributed by atoms with Gasteiger partial charge in [0.05, 0.1) is 20.1 Å². The van der Waals surface area contributed by atoms with Gasteiger partial charge in [-0.3, -0.25) is 14.9 Å². The third-order valence-electron chi connectivity index (χ3n) is 6.73. The van der Waals surface area contributed by atoms with Crippen LogP contribution in [0.3, 0.4) is 0 Å². The van der Waals surface area contributed by atoms with Crippen LogP contribution in [-0.4, -0.2) is 43.1 Å². The molecule has 3 aromatic carbocycles. The van der Waals surface area contributed by atoms with Crippen LogP contribution in [0.25, 0.3) is 6.08 Å². The number of nitrogens with zero attached hydrogens (tertiary/aromatic N) is 2. The van der Waals surface area contributed by atoms with Crippen molar-refractivity contribution in [3.63, 3.8) is 0 Å². The number of carbonyl (C=O) groups excluding carboxylic acids is 1. The van der Waals surface area contributed by atoms with E-state index in [1.165, 1.54) is 14.2 Å². The quantitative estimate of drug-likeness (QED) is 0.306. The van der Waals surface area contributed by atoms with Crippen molar-refractivity contribution in [1.29, 1.82) is 0 Å². The Hall–Kier alpha value is -4.13. The lowest BCUT2D eigenvalue weighted by Crippen LogP contribution is -2.44. The average molecular weight is 456 g/mol. The van der Waals surface area contributed by atoms with Gasteiger partial charge in [0.25, 0.3) is 0 Å². The summed E-state index contributed by atoms with van der Waals surface area (Å²) >= 11 is 0. The second kappa shape index (κ2) is 8.67. The maximum absolute atomic E-state index is 14.0. The highest BCUT2D eigenvalue weighted by Crippen LogP contribution is 2.48. The number of methoxy groups -OCH3 is 2. The van der Waals surface area contributed by atoms with E-state index in [4.69, 9.17) is 9.47 Å². The second-order valence-electron chi connectivity index (χ2n) is 8.41. The molecule has 0 N–H and O–H groups in total. The van der Waals surface area contributed by atoms with Gasteiger partial charge in [-0.15, -0.1) is 0 Å². The number of hydrogen-bond acceptors (Lipinski definition) is 6. The molecule has 7 nitrogen and oxygen atoms in total. The lowest BCUT2D eigenvalue weighted by atomic mass is 9.83. The van der Waals surface area contributed by atoms with Gasteiger partial charge in [0.2, 0.25) is 6.04 Å². The molecule has 5 rings (SSSR count). The summed E-state index contributed by atoms with van der Waals surface area (Å²) in [5, 5.41) is 12.5. The summed E-state index contributed by atoms with van der Waals surface area (Å²) in [5.74, 6) is 0.132. The van der Waals surface area contributed by atoms with E-state index < -0.39 is 24.0 Å². The van der Waals surface area contributed by atoms with E-state index in [-0.39, 0.29) is 10.7 Å². The molecule has 0 radical (unpaired) electrons. The Kier molecular flexibility index (Phi) is 5.53. The fraction of sp³-hybridized carbons (Fsp3) is 0.222. The molecule has 0 saturated carbocycles. The number of nitro groups is 1. The summed E-state index contributed by atoms with van der Waals surface area (Å²) in [6, 6.07) is 19.6. The van der Waals surface area contributed by atoms with E-state index in [1.807, 2.05) is 47.4 Å². The lowest BCUT2D eigenvalue weighted by molar-refractivity contribution is -0.524. The predicted octanol–water partition coefficient (Wildman–Crippen LogP) is 4.60. The standard InChI is InChI=1S/C27H24N2O5/c1-33-22-15-13-19(16-23(22)34-2)24-25(29(31)32)21-14-12-17-8-6-7-11-20(17)28(21)26(24)27(30)18-9-4-3-5-10-18/h3-16,21,24-26H,1-2H3/t21-,24-,25+,26+/m0/s1. The fourth-order valence-electron chi connectivity index (χ4n) is 5.26. The number of fused-ring (bicyclic) bond motifs is 3. The molecule has 0 amide bonds. The number of ether oxygens (including phenoxy) is 2. The van der Waals surface area contributed by atoms with E-state index in [0.29, 0.717) is 22.6 Å². The Morgan fingerprint density at radius 1 is 0.941 bits per heavy atom. The Labute approximate surface area is 197 Å². The number of Topliss-reactive ketones (excluding diaryl/α,β-unsaturated/α-hetero) is 1. The van der Waals surface area contributed by atoms with Crippen LogP contribution in [-0.2, 0) is 0 Å². The molecule has 0 aliphatic carbocycles.